The first-order chi connectivity index (χ1) is 17.7. The fourth-order valence-electron chi connectivity index (χ4n) is 4.15. The molecule has 0 aliphatic carbocycles. The van der Waals surface area contributed by atoms with Gasteiger partial charge in [-0.05, 0) is 58.4 Å². The number of aryl methyl sites for hydroxylation is 1. The molecule has 4 aromatic rings. The van der Waals surface area contributed by atoms with Crippen molar-refractivity contribution < 1.29 is 17.6 Å². The summed E-state index contributed by atoms with van der Waals surface area (Å²) in [7, 11) is -3.83. The van der Waals surface area contributed by atoms with Crippen LogP contribution in [0, 0.1) is 13.8 Å². The molecule has 3 aromatic heterocycles. The molecule has 38 heavy (non-hydrogen) atoms. The van der Waals surface area contributed by atoms with Crippen LogP contribution in [-0.2, 0) is 10.0 Å². The summed E-state index contributed by atoms with van der Waals surface area (Å²) in [4.78, 5) is 30.1. The van der Waals surface area contributed by atoms with Crippen molar-refractivity contribution in [2.24, 2.45) is 0 Å². The lowest BCUT2D eigenvalue weighted by molar-refractivity contribution is 0.0977. The van der Waals surface area contributed by atoms with Crippen molar-refractivity contribution in [3.63, 3.8) is 0 Å². The third-order valence-electron chi connectivity index (χ3n) is 5.98. The van der Waals surface area contributed by atoms with Crippen LogP contribution in [0.2, 0.25) is 5.15 Å². The molecule has 1 atom stereocenters. The van der Waals surface area contributed by atoms with Crippen LogP contribution < -0.4 is 15.5 Å². The Morgan fingerprint density at radius 1 is 1.16 bits per heavy atom. The van der Waals surface area contributed by atoms with Crippen molar-refractivity contribution in [2.45, 2.75) is 46.7 Å². The summed E-state index contributed by atoms with van der Waals surface area (Å²) in [5.41, 5.74) is 2.97. The molecule has 200 valence electrons. The van der Waals surface area contributed by atoms with Gasteiger partial charge in [0, 0.05) is 23.4 Å². The van der Waals surface area contributed by atoms with Crippen LogP contribution in [0.1, 0.15) is 60.0 Å². The number of pyridine rings is 1. The first kappa shape index (κ1) is 27.3. The number of halogens is 1. The van der Waals surface area contributed by atoms with Gasteiger partial charge in [0.15, 0.2) is 11.1 Å². The predicted octanol–water partition coefficient (Wildman–Crippen LogP) is 4.77. The summed E-state index contributed by atoms with van der Waals surface area (Å²) in [6.07, 6.45) is 4.37. The summed E-state index contributed by atoms with van der Waals surface area (Å²) in [5, 5.41) is 8.02. The molecule has 4 rings (SSSR count). The Balaban J connectivity index is 1.83. The standard InChI is InChI=1S/C26H28ClN5O5S/c1-13(2)32-12-17(11-28-32)24-15(4)23(33)19-10-14(3)9-18(25(19)37-24)16(5)29-20-7-8-21(27)30-22(20)26(34)31-38(6,35)36/h7-13,16,29H,1-6H3,(H,31,34). The highest BCUT2D eigenvalue weighted by Crippen LogP contribution is 2.33. The molecular formula is C26H28ClN5O5S. The second-order valence-electron chi connectivity index (χ2n) is 9.52. The maximum atomic E-state index is 13.4. The molecular weight excluding hydrogens is 530 g/mol. The van der Waals surface area contributed by atoms with E-state index in [1.54, 1.807) is 23.9 Å². The van der Waals surface area contributed by atoms with Crippen LogP contribution in [0.3, 0.4) is 0 Å². The third kappa shape index (κ3) is 5.58. The maximum absolute atomic E-state index is 13.4. The normalized spacial score (nSPS) is 12.6. The van der Waals surface area contributed by atoms with Crippen molar-refractivity contribution in [3.05, 3.63) is 74.4 Å². The average molecular weight is 558 g/mol. The molecule has 0 saturated carbocycles. The average Bonchev–Trinajstić information content (AvgIpc) is 3.31. The molecule has 10 nitrogen and oxygen atoms in total. The van der Waals surface area contributed by atoms with Crippen LogP contribution in [0.15, 0.2) is 45.9 Å². The Labute approximate surface area is 225 Å². The molecule has 0 aliphatic heterocycles. The minimum atomic E-state index is -3.83. The van der Waals surface area contributed by atoms with Gasteiger partial charge in [-0.2, -0.15) is 5.10 Å². The van der Waals surface area contributed by atoms with Crippen molar-refractivity contribution in [1.82, 2.24) is 19.5 Å². The largest absolute Gasteiger partial charge is 0.455 e. The van der Waals surface area contributed by atoms with Gasteiger partial charge in [0.1, 0.15) is 16.5 Å². The number of nitrogens with one attached hydrogen (secondary N) is 2. The van der Waals surface area contributed by atoms with Crippen LogP contribution in [-0.4, -0.2) is 35.3 Å². The number of aromatic nitrogens is 3. The van der Waals surface area contributed by atoms with E-state index < -0.39 is 22.0 Å². The molecule has 1 unspecified atom stereocenters. The maximum Gasteiger partial charge on any atom is 0.285 e. The number of carbonyl (C=O) groups excluding carboxylic acids is 1. The van der Waals surface area contributed by atoms with Crippen LogP contribution in [0.25, 0.3) is 22.3 Å². The van der Waals surface area contributed by atoms with Gasteiger partial charge in [-0.15, -0.1) is 0 Å². The summed E-state index contributed by atoms with van der Waals surface area (Å²) < 4.78 is 33.3. The number of amides is 1. The fraction of sp³-hybridized carbons (Fsp3) is 0.308. The second-order valence-corrected chi connectivity index (χ2v) is 11.7. The van der Waals surface area contributed by atoms with E-state index in [-0.39, 0.29) is 28.0 Å². The zero-order valence-electron chi connectivity index (χ0n) is 21.8. The van der Waals surface area contributed by atoms with Crippen LogP contribution in [0.4, 0.5) is 5.69 Å². The predicted molar refractivity (Wildman–Crippen MR) is 147 cm³/mol. The van der Waals surface area contributed by atoms with Gasteiger partial charge < -0.3 is 9.73 Å². The van der Waals surface area contributed by atoms with E-state index in [9.17, 15) is 18.0 Å². The number of hydrogen-bond acceptors (Lipinski definition) is 8. The number of sulfonamides is 1. The lowest BCUT2D eigenvalue weighted by Gasteiger charge is -2.20. The quantitative estimate of drug-likeness (QED) is 0.310. The third-order valence-corrected chi connectivity index (χ3v) is 6.74. The molecule has 0 saturated heterocycles. The van der Waals surface area contributed by atoms with Crippen molar-refractivity contribution in [3.8, 4) is 11.3 Å². The molecule has 0 radical (unpaired) electrons. The van der Waals surface area contributed by atoms with Gasteiger partial charge in [0.25, 0.3) is 5.91 Å². The number of nitrogens with zero attached hydrogens (tertiary/aromatic N) is 3. The smallest absolute Gasteiger partial charge is 0.285 e. The lowest BCUT2D eigenvalue weighted by Crippen LogP contribution is -2.31. The molecule has 1 amide bonds. The second kappa shape index (κ2) is 10.2. The Kier molecular flexibility index (Phi) is 7.35. The van der Waals surface area contributed by atoms with E-state index in [0.29, 0.717) is 33.4 Å². The van der Waals surface area contributed by atoms with Crippen molar-refractivity contribution >= 4 is 44.2 Å². The van der Waals surface area contributed by atoms with Crippen LogP contribution in [0.5, 0.6) is 0 Å². The van der Waals surface area contributed by atoms with E-state index >= 15 is 0 Å². The molecule has 2 N–H and O–H groups in total. The van der Waals surface area contributed by atoms with E-state index in [2.05, 4.69) is 15.4 Å². The highest BCUT2D eigenvalue weighted by molar-refractivity contribution is 7.89. The minimum Gasteiger partial charge on any atom is -0.455 e. The summed E-state index contributed by atoms with van der Waals surface area (Å²) in [6.45, 7) is 9.44. The number of rotatable bonds is 7. The first-order valence-electron chi connectivity index (χ1n) is 11.8. The molecule has 0 aliphatic rings. The monoisotopic (exact) mass is 557 g/mol. The van der Waals surface area contributed by atoms with Gasteiger partial charge in [0.2, 0.25) is 10.0 Å². The number of anilines is 1. The molecule has 3 heterocycles. The summed E-state index contributed by atoms with van der Waals surface area (Å²) >= 11 is 5.99. The van der Waals surface area contributed by atoms with Gasteiger partial charge in [-0.3, -0.25) is 14.3 Å². The number of hydrogen-bond donors (Lipinski definition) is 2. The van der Waals surface area contributed by atoms with Crippen LogP contribution >= 0.6 is 11.6 Å². The van der Waals surface area contributed by atoms with E-state index in [0.717, 1.165) is 11.8 Å². The Hall–Kier alpha value is -3.70. The van der Waals surface area contributed by atoms with Gasteiger partial charge in [-0.25, -0.2) is 18.1 Å². The lowest BCUT2D eigenvalue weighted by atomic mass is 9.99. The van der Waals surface area contributed by atoms with Crippen molar-refractivity contribution in [2.75, 3.05) is 11.6 Å². The number of carbonyl (C=O) groups is 1. The first-order valence-corrected chi connectivity index (χ1v) is 14.1. The Morgan fingerprint density at radius 2 is 1.87 bits per heavy atom. The molecule has 0 spiro atoms. The molecule has 0 bridgehead atoms. The zero-order valence-corrected chi connectivity index (χ0v) is 23.4. The SMILES string of the molecule is Cc1cc(C(C)Nc2ccc(Cl)nc2C(=O)NS(C)(=O)=O)c2oc(-c3cnn(C(C)C)c3)c(C)c(=O)c2c1. The highest BCUT2D eigenvalue weighted by Gasteiger charge is 2.23. The molecule has 12 heteroatoms. The van der Waals surface area contributed by atoms with Gasteiger partial charge in [0.05, 0.1) is 35.1 Å². The number of benzene rings is 1. The molecule has 0 fully saturated rings. The topological polar surface area (TPSA) is 136 Å². The van der Waals surface area contributed by atoms with Gasteiger partial charge in [-0.1, -0.05) is 17.7 Å². The summed E-state index contributed by atoms with van der Waals surface area (Å²) in [5.74, 6) is -0.501. The van der Waals surface area contributed by atoms with E-state index in [1.165, 1.54) is 12.1 Å². The fourth-order valence-corrected chi connectivity index (χ4v) is 4.74. The highest BCUT2D eigenvalue weighted by atomic mass is 35.5. The van der Waals surface area contributed by atoms with E-state index in [1.807, 2.05) is 44.7 Å². The van der Waals surface area contributed by atoms with E-state index in [4.69, 9.17) is 16.0 Å². The Morgan fingerprint density at radius 3 is 2.50 bits per heavy atom. The van der Waals surface area contributed by atoms with Gasteiger partial charge >= 0.3 is 0 Å². The summed E-state index contributed by atoms with van der Waals surface area (Å²) in [6, 6.07) is 6.34. The number of fused-ring (bicyclic) bond motifs is 1. The van der Waals surface area contributed by atoms with Crippen molar-refractivity contribution in [1.29, 1.82) is 0 Å². The Bertz CT molecular complexity index is 1730. The minimum absolute atomic E-state index is 0.0240. The zero-order chi connectivity index (χ0) is 27.9. The molecule has 1 aromatic carbocycles.